The Morgan fingerprint density at radius 3 is 2.68 bits per heavy atom. The zero-order valence-electron chi connectivity index (χ0n) is 11.0. The highest BCUT2D eigenvalue weighted by molar-refractivity contribution is 5.94. The monoisotopic (exact) mass is 266 g/mol. The van der Waals surface area contributed by atoms with Crippen molar-refractivity contribution in [2.24, 2.45) is 5.73 Å². The number of methoxy groups -OCH3 is 1. The largest absolute Gasteiger partial charge is 0.496 e. The van der Waals surface area contributed by atoms with Gasteiger partial charge in [0.15, 0.2) is 0 Å². The Bertz CT molecular complexity index is 474. The summed E-state index contributed by atoms with van der Waals surface area (Å²) >= 11 is 0. The van der Waals surface area contributed by atoms with Crippen molar-refractivity contribution < 1.29 is 19.4 Å². The molecule has 0 aliphatic carbocycles. The maximum absolute atomic E-state index is 11.6. The van der Waals surface area contributed by atoms with Gasteiger partial charge in [0.25, 0.3) is 0 Å². The Labute approximate surface area is 111 Å². The Hall–Kier alpha value is -2.08. The summed E-state index contributed by atoms with van der Waals surface area (Å²) in [5, 5.41) is 11.2. The number of aryl methyl sites for hydroxylation is 1. The van der Waals surface area contributed by atoms with E-state index in [1.165, 1.54) is 0 Å². The summed E-state index contributed by atoms with van der Waals surface area (Å²) in [7, 11) is 1.58. The fraction of sp³-hybridized carbons (Fsp3) is 0.385. The Balaban J connectivity index is 2.72. The van der Waals surface area contributed by atoms with E-state index in [0.29, 0.717) is 5.69 Å². The third kappa shape index (κ3) is 4.26. The van der Waals surface area contributed by atoms with Gasteiger partial charge in [-0.3, -0.25) is 9.59 Å². The van der Waals surface area contributed by atoms with Crippen LogP contribution >= 0.6 is 0 Å². The third-order valence-electron chi connectivity index (χ3n) is 2.67. The number of hydrogen-bond acceptors (Lipinski definition) is 4. The van der Waals surface area contributed by atoms with Gasteiger partial charge in [0.2, 0.25) is 5.91 Å². The number of carboxylic acid groups (broad SMARTS) is 1. The minimum Gasteiger partial charge on any atom is -0.496 e. The Morgan fingerprint density at radius 1 is 1.47 bits per heavy atom. The zero-order chi connectivity index (χ0) is 14.4. The molecule has 0 aliphatic rings. The third-order valence-corrected chi connectivity index (χ3v) is 2.67. The number of anilines is 1. The van der Waals surface area contributed by atoms with Crippen LogP contribution in [0.1, 0.15) is 18.9 Å². The van der Waals surface area contributed by atoms with E-state index in [4.69, 9.17) is 15.6 Å². The lowest BCUT2D eigenvalue weighted by Crippen LogP contribution is -2.34. The van der Waals surface area contributed by atoms with Gasteiger partial charge < -0.3 is 20.9 Å². The highest BCUT2D eigenvalue weighted by atomic mass is 16.5. The van der Waals surface area contributed by atoms with Gasteiger partial charge in [0, 0.05) is 5.69 Å². The van der Waals surface area contributed by atoms with E-state index in [9.17, 15) is 9.59 Å². The molecular formula is C13H18N2O4. The first-order chi connectivity index (χ1) is 8.97. The summed E-state index contributed by atoms with van der Waals surface area (Å²) in [6.45, 7) is 1.98. The van der Waals surface area contributed by atoms with Crippen molar-refractivity contribution in [1.82, 2.24) is 0 Å². The summed E-state index contributed by atoms with van der Waals surface area (Å²) in [6, 6.07) is 4.06. The van der Waals surface area contributed by atoms with E-state index in [-0.39, 0.29) is 6.42 Å². The average molecular weight is 266 g/mol. The van der Waals surface area contributed by atoms with E-state index in [0.717, 1.165) is 17.7 Å². The van der Waals surface area contributed by atoms with Gasteiger partial charge in [-0.1, -0.05) is 6.92 Å². The Morgan fingerprint density at radius 2 is 2.16 bits per heavy atom. The molecule has 1 aromatic carbocycles. The average Bonchev–Trinajstić information content (AvgIpc) is 2.38. The van der Waals surface area contributed by atoms with Crippen LogP contribution in [0.2, 0.25) is 0 Å². The molecule has 4 N–H and O–H groups in total. The second-order valence-corrected chi connectivity index (χ2v) is 4.08. The molecule has 0 heterocycles. The van der Waals surface area contributed by atoms with Crippen molar-refractivity contribution in [2.75, 3.05) is 12.4 Å². The maximum Gasteiger partial charge on any atom is 0.321 e. The van der Waals surface area contributed by atoms with Crippen LogP contribution in [0.25, 0.3) is 0 Å². The molecule has 0 spiro atoms. The summed E-state index contributed by atoms with van der Waals surface area (Å²) in [5.74, 6) is -0.871. The van der Waals surface area contributed by atoms with Gasteiger partial charge in [0.05, 0.1) is 13.5 Å². The molecule has 19 heavy (non-hydrogen) atoms. The maximum atomic E-state index is 11.6. The summed E-state index contributed by atoms with van der Waals surface area (Å²) < 4.78 is 5.18. The fourth-order valence-corrected chi connectivity index (χ4v) is 1.63. The lowest BCUT2D eigenvalue weighted by atomic mass is 10.1. The van der Waals surface area contributed by atoms with E-state index in [1.807, 2.05) is 6.92 Å². The molecule has 1 unspecified atom stereocenters. The molecule has 0 fully saturated rings. The van der Waals surface area contributed by atoms with Gasteiger partial charge >= 0.3 is 5.97 Å². The van der Waals surface area contributed by atoms with Crippen LogP contribution in [0.5, 0.6) is 5.75 Å². The van der Waals surface area contributed by atoms with E-state index in [2.05, 4.69) is 5.32 Å². The molecule has 1 aromatic rings. The number of rotatable bonds is 6. The smallest absolute Gasteiger partial charge is 0.321 e. The van der Waals surface area contributed by atoms with E-state index < -0.39 is 17.9 Å². The number of carbonyl (C=O) groups is 2. The van der Waals surface area contributed by atoms with Crippen molar-refractivity contribution >= 4 is 17.6 Å². The molecule has 0 saturated carbocycles. The van der Waals surface area contributed by atoms with Gasteiger partial charge in [-0.05, 0) is 30.2 Å². The number of carbonyl (C=O) groups excluding carboxylic acids is 1. The lowest BCUT2D eigenvalue weighted by Gasteiger charge is -2.11. The standard InChI is InChI=1S/C13H18N2O4/c1-3-8-6-9(4-5-11(8)19-2)15-12(16)7-10(14)13(17)18/h4-6,10H,3,7,14H2,1-2H3,(H,15,16)(H,17,18). The molecule has 0 aromatic heterocycles. The molecule has 0 radical (unpaired) electrons. The molecule has 0 bridgehead atoms. The zero-order valence-corrected chi connectivity index (χ0v) is 11.0. The van der Waals surface area contributed by atoms with Crippen LogP contribution in [0.4, 0.5) is 5.69 Å². The molecule has 6 heteroatoms. The summed E-state index contributed by atoms with van der Waals surface area (Å²) in [5.41, 5.74) is 6.85. The second-order valence-electron chi connectivity index (χ2n) is 4.08. The Kier molecular flexibility index (Phi) is 5.32. The molecule has 1 rings (SSSR count). The highest BCUT2D eigenvalue weighted by Crippen LogP contribution is 2.23. The number of ether oxygens (including phenoxy) is 1. The predicted octanol–water partition coefficient (Wildman–Crippen LogP) is 0.998. The van der Waals surface area contributed by atoms with Gasteiger partial charge in [-0.25, -0.2) is 0 Å². The number of nitrogens with two attached hydrogens (primary N) is 1. The summed E-state index contributed by atoms with van der Waals surface area (Å²) in [6.07, 6.45) is 0.504. The number of benzene rings is 1. The minimum atomic E-state index is -1.20. The first kappa shape index (κ1) is 15.0. The second kappa shape index (κ2) is 6.75. The summed E-state index contributed by atoms with van der Waals surface area (Å²) in [4.78, 5) is 22.1. The predicted molar refractivity (Wildman–Crippen MR) is 71.2 cm³/mol. The first-order valence-electron chi connectivity index (χ1n) is 5.93. The molecule has 1 amide bonds. The van der Waals surface area contributed by atoms with Crippen LogP contribution in [-0.4, -0.2) is 30.1 Å². The van der Waals surface area contributed by atoms with Crippen molar-refractivity contribution in [3.05, 3.63) is 23.8 Å². The van der Waals surface area contributed by atoms with Crippen LogP contribution < -0.4 is 15.8 Å². The highest BCUT2D eigenvalue weighted by Gasteiger charge is 2.16. The quantitative estimate of drug-likeness (QED) is 0.713. The molecule has 0 saturated heterocycles. The van der Waals surface area contributed by atoms with E-state index >= 15 is 0 Å². The van der Waals surface area contributed by atoms with Gasteiger partial charge in [0.1, 0.15) is 11.8 Å². The molecular weight excluding hydrogens is 248 g/mol. The molecule has 104 valence electrons. The molecule has 1 atom stereocenters. The molecule has 6 nitrogen and oxygen atoms in total. The van der Waals surface area contributed by atoms with Gasteiger partial charge in [-0.2, -0.15) is 0 Å². The van der Waals surface area contributed by atoms with Crippen molar-refractivity contribution in [3.63, 3.8) is 0 Å². The number of aliphatic carboxylic acids is 1. The van der Waals surface area contributed by atoms with Crippen LogP contribution in [-0.2, 0) is 16.0 Å². The number of amides is 1. The van der Waals surface area contributed by atoms with Crippen molar-refractivity contribution in [1.29, 1.82) is 0 Å². The van der Waals surface area contributed by atoms with Crippen molar-refractivity contribution in [3.8, 4) is 5.75 Å². The first-order valence-corrected chi connectivity index (χ1v) is 5.93. The van der Waals surface area contributed by atoms with E-state index in [1.54, 1.807) is 25.3 Å². The fourth-order valence-electron chi connectivity index (χ4n) is 1.63. The SMILES string of the molecule is CCc1cc(NC(=O)CC(N)C(=O)O)ccc1OC. The van der Waals surface area contributed by atoms with Gasteiger partial charge in [-0.15, -0.1) is 0 Å². The van der Waals surface area contributed by atoms with Crippen molar-refractivity contribution in [2.45, 2.75) is 25.8 Å². The topological polar surface area (TPSA) is 102 Å². The lowest BCUT2D eigenvalue weighted by molar-refractivity contribution is -0.140. The number of carboxylic acids is 1. The van der Waals surface area contributed by atoms with Crippen LogP contribution in [0.15, 0.2) is 18.2 Å². The molecule has 0 aliphatic heterocycles. The number of hydrogen-bond donors (Lipinski definition) is 3. The number of nitrogens with one attached hydrogen (secondary N) is 1. The minimum absolute atomic E-state index is 0.261. The van der Waals surface area contributed by atoms with Crippen LogP contribution in [0, 0.1) is 0 Å². The normalized spacial score (nSPS) is 11.7. The van der Waals surface area contributed by atoms with Crippen LogP contribution in [0.3, 0.4) is 0 Å².